The van der Waals surface area contributed by atoms with Crippen LogP contribution in [-0.4, -0.2) is 26.1 Å². The second-order valence-corrected chi connectivity index (χ2v) is 6.14. The van der Waals surface area contributed by atoms with Crippen LogP contribution in [-0.2, 0) is 19.5 Å². The van der Waals surface area contributed by atoms with Crippen LogP contribution in [0, 0.1) is 0 Å². The Labute approximate surface area is 143 Å². The summed E-state index contributed by atoms with van der Waals surface area (Å²) in [7, 11) is 0. The van der Waals surface area contributed by atoms with Crippen LogP contribution < -0.4 is 10.9 Å². The Bertz CT molecular complexity index is 953. The highest BCUT2D eigenvalue weighted by Gasteiger charge is 2.22. The van der Waals surface area contributed by atoms with Gasteiger partial charge in [0.15, 0.2) is 5.76 Å². The number of aromatic nitrogens is 3. The molecular formula is C18H18N4O3. The third kappa shape index (κ3) is 3.26. The molecule has 0 saturated carbocycles. The minimum Gasteiger partial charge on any atom is -0.454 e. The number of nitrogens with one attached hydrogen (secondary N) is 1. The SMILES string of the molecule is O=C(N[C@H]1CCc2nccn2C1)c1ccc(Cn2ccccc2=O)o1. The molecule has 0 radical (unpaired) electrons. The summed E-state index contributed by atoms with van der Waals surface area (Å²) in [6.45, 7) is 1.02. The average Bonchev–Trinajstić information content (AvgIpc) is 3.25. The summed E-state index contributed by atoms with van der Waals surface area (Å²) in [5, 5.41) is 3.00. The number of imidazole rings is 1. The molecule has 25 heavy (non-hydrogen) atoms. The Morgan fingerprint density at radius 2 is 2.20 bits per heavy atom. The van der Waals surface area contributed by atoms with Crippen molar-refractivity contribution in [2.45, 2.75) is 32.0 Å². The molecule has 3 aromatic rings. The summed E-state index contributed by atoms with van der Waals surface area (Å²) >= 11 is 0. The molecule has 128 valence electrons. The molecule has 1 N–H and O–H groups in total. The van der Waals surface area contributed by atoms with Crippen LogP contribution in [0.1, 0.15) is 28.6 Å². The van der Waals surface area contributed by atoms with Crippen molar-refractivity contribution in [3.63, 3.8) is 0 Å². The fourth-order valence-corrected chi connectivity index (χ4v) is 3.08. The first-order valence-electron chi connectivity index (χ1n) is 8.24. The number of carbonyl (C=O) groups excluding carboxylic acids is 1. The first kappa shape index (κ1) is 15.4. The predicted molar refractivity (Wildman–Crippen MR) is 90.3 cm³/mol. The molecule has 0 aromatic carbocycles. The number of nitrogens with zero attached hydrogens (tertiary/aromatic N) is 3. The van der Waals surface area contributed by atoms with E-state index in [0.717, 1.165) is 18.7 Å². The average molecular weight is 338 g/mol. The van der Waals surface area contributed by atoms with Gasteiger partial charge >= 0.3 is 0 Å². The predicted octanol–water partition coefficient (Wildman–Crippen LogP) is 1.43. The number of carbonyl (C=O) groups is 1. The Morgan fingerprint density at radius 3 is 3.08 bits per heavy atom. The molecule has 1 aliphatic rings. The standard InChI is InChI=1S/C18H18N4O3/c23-17-3-1-2-9-22(17)12-14-5-6-15(25-14)18(24)20-13-4-7-16-19-8-10-21(16)11-13/h1-3,5-6,8-10,13H,4,7,11-12H2,(H,20,24)/t13-/m0/s1. The molecule has 1 aliphatic heterocycles. The number of fused-ring (bicyclic) bond motifs is 1. The van der Waals surface area contributed by atoms with Crippen LogP contribution in [0.25, 0.3) is 0 Å². The van der Waals surface area contributed by atoms with Crippen LogP contribution in [0.2, 0.25) is 0 Å². The van der Waals surface area contributed by atoms with Crippen molar-refractivity contribution < 1.29 is 9.21 Å². The summed E-state index contributed by atoms with van der Waals surface area (Å²) in [4.78, 5) is 28.4. The number of aryl methyl sites for hydroxylation is 1. The smallest absolute Gasteiger partial charge is 0.287 e. The van der Waals surface area contributed by atoms with Crippen molar-refractivity contribution in [3.05, 3.63) is 76.6 Å². The third-order valence-corrected chi connectivity index (χ3v) is 4.38. The maximum Gasteiger partial charge on any atom is 0.287 e. The van der Waals surface area contributed by atoms with Gasteiger partial charge in [0.25, 0.3) is 11.5 Å². The van der Waals surface area contributed by atoms with Crippen molar-refractivity contribution in [1.82, 2.24) is 19.4 Å². The van der Waals surface area contributed by atoms with E-state index in [2.05, 4.69) is 14.9 Å². The van der Waals surface area contributed by atoms with Crippen LogP contribution >= 0.6 is 0 Å². The molecule has 0 spiro atoms. The highest BCUT2D eigenvalue weighted by molar-refractivity contribution is 5.91. The van der Waals surface area contributed by atoms with E-state index in [9.17, 15) is 9.59 Å². The molecule has 0 fully saturated rings. The number of rotatable bonds is 4. The summed E-state index contributed by atoms with van der Waals surface area (Å²) in [5.41, 5.74) is -0.108. The van der Waals surface area contributed by atoms with Crippen LogP contribution in [0.4, 0.5) is 0 Å². The highest BCUT2D eigenvalue weighted by Crippen LogP contribution is 2.15. The number of hydrogen-bond acceptors (Lipinski definition) is 4. The second kappa shape index (κ2) is 6.43. The molecule has 4 rings (SSSR count). The number of pyridine rings is 1. The first-order valence-corrected chi connectivity index (χ1v) is 8.24. The summed E-state index contributed by atoms with van der Waals surface area (Å²) < 4.78 is 9.20. The lowest BCUT2D eigenvalue weighted by Crippen LogP contribution is -2.40. The lowest BCUT2D eigenvalue weighted by atomic mass is 10.1. The van der Waals surface area contributed by atoms with Crippen molar-refractivity contribution in [3.8, 4) is 0 Å². The van der Waals surface area contributed by atoms with Gasteiger partial charge in [0.2, 0.25) is 0 Å². The quantitative estimate of drug-likeness (QED) is 0.780. The minimum absolute atomic E-state index is 0.0551. The van der Waals surface area contributed by atoms with E-state index in [1.165, 1.54) is 10.6 Å². The Balaban J connectivity index is 1.41. The summed E-state index contributed by atoms with van der Waals surface area (Å²) in [6, 6.07) is 8.39. The van der Waals surface area contributed by atoms with Gasteiger partial charge in [-0.25, -0.2) is 4.98 Å². The van der Waals surface area contributed by atoms with Crippen LogP contribution in [0.3, 0.4) is 0 Å². The molecule has 7 heteroatoms. The van der Waals surface area contributed by atoms with Crippen molar-refractivity contribution in [1.29, 1.82) is 0 Å². The lowest BCUT2D eigenvalue weighted by molar-refractivity contribution is 0.0897. The molecule has 4 heterocycles. The third-order valence-electron chi connectivity index (χ3n) is 4.38. The van der Waals surface area contributed by atoms with Gasteiger partial charge < -0.3 is 18.9 Å². The van der Waals surface area contributed by atoms with Gasteiger partial charge in [-0.15, -0.1) is 0 Å². The van der Waals surface area contributed by atoms with E-state index in [4.69, 9.17) is 4.42 Å². The van der Waals surface area contributed by atoms with Gasteiger partial charge in [-0.1, -0.05) is 6.07 Å². The van der Waals surface area contributed by atoms with E-state index in [1.54, 1.807) is 36.7 Å². The zero-order chi connectivity index (χ0) is 17.2. The van der Waals surface area contributed by atoms with E-state index in [0.29, 0.717) is 18.8 Å². The largest absolute Gasteiger partial charge is 0.454 e. The molecule has 7 nitrogen and oxygen atoms in total. The second-order valence-electron chi connectivity index (χ2n) is 6.14. The topological polar surface area (TPSA) is 82.1 Å². The zero-order valence-electron chi connectivity index (χ0n) is 13.6. The number of hydrogen-bond donors (Lipinski definition) is 1. The van der Waals surface area contributed by atoms with Crippen molar-refractivity contribution >= 4 is 5.91 Å². The van der Waals surface area contributed by atoms with Gasteiger partial charge in [0, 0.05) is 43.7 Å². The molecule has 0 bridgehead atoms. The summed E-state index contributed by atoms with van der Waals surface area (Å²) in [6.07, 6.45) is 7.10. The first-order chi connectivity index (χ1) is 12.2. The van der Waals surface area contributed by atoms with Gasteiger partial charge in [0.05, 0.1) is 6.54 Å². The van der Waals surface area contributed by atoms with Gasteiger partial charge in [0.1, 0.15) is 11.6 Å². The van der Waals surface area contributed by atoms with E-state index in [1.807, 2.05) is 6.20 Å². The van der Waals surface area contributed by atoms with E-state index < -0.39 is 0 Å². The Kier molecular flexibility index (Phi) is 3.97. The number of amides is 1. The molecular weight excluding hydrogens is 320 g/mol. The van der Waals surface area contributed by atoms with E-state index >= 15 is 0 Å². The molecule has 1 atom stereocenters. The molecule has 3 aromatic heterocycles. The van der Waals surface area contributed by atoms with Crippen LogP contribution in [0.5, 0.6) is 0 Å². The fourth-order valence-electron chi connectivity index (χ4n) is 3.08. The monoisotopic (exact) mass is 338 g/mol. The Hall–Kier alpha value is -3.09. The van der Waals surface area contributed by atoms with Crippen LogP contribution in [0.15, 0.2) is 58.1 Å². The summed E-state index contributed by atoms with van der Waals surface area (Å²) in [5.74, 6) is 1.65. The zero-order valence-corrected chi connectivity index (χ0v) is 13.6. The van der Waals surface area contributed by atoms with Crippen molar-refractivity contribution in [2.24, 2.45) is 0 Å². The normalized spacial score (nSPS) is 16.4. The maximum absolute atomic E-state index is 12.4. The van der Waals surface area contributed by atoms with Gasteiger partial charge in [-0.2, -0.15) is 0 Å². The molecule has 1 amide bonds. The maximum atomic E-state index is 12.4. The molecule has 0 saturated heterocycles. The fraction of sp³-hybridized carbons (Fsp3) is 0.278. The number of furan rings is 1. The Morgan fingerprint density at radius 1 is 1.28 bits per heavy atom. The van der Waals surface area contributed by atoms with Gasteiger partial charge in [-0.05, 0) is 24.6 Å². The lowest BCUT2D eigenvalue weighted by Gasteiger charge is -2.24. The van der Waals surface area contributed by atoms with Crippen molar-refractivity contribution in [2.75, 3.05) is 0 Å². The van der Waals surface area contributed by atoms with E-state index in [-0.39, 0.29) is 23.3 Å². The molecule has 0 unspecified atom stereocenters. The highest BCUT2D eigenvalue weighted by atomic mass is 16.4. The minimum atomic E-state index is -0.236. The molecule has 0 aliphatic carbocycles. The van der Waals surface area contributed by atoms with Gasteiger partial charge in [-0.3, -0.25) is 9.59 Å².